The minimum Gasteiger partial charge on any atom is -0.550 e. The molecule has 1 aromatic rings. The Bertz CT molecular complexity index is 307. The molecule has 0 aliphatic rings. The number of carboxylic acids is 1. The Balaban J connectivity index is 2.97. The second-order valence-electron chi connectivity index (χ2n) is 2.62. The average molecular weight is 167 g/mol. The third-order valence-corrected chi connectivity index (χ3v) is 1.65. The van der Waals surface area contributed by atoms with Gasteiger partial charge in [0.1, 0.15) is 5.82 Å². The van der Waals surface area contributed by atoms with Gasteiger partial charge in [0, 0.05) is 12.4 Å². The van der Waals surface area contributed by atoms with Gasteiger partial charge in [-0.3, -0.25) is 0 Å². The maximum Gasteiger partial charge on any atom is 0.123 e. The number of carbonyl (C=O) groups excluding carboxylic acids is 1. The first kappa shape index (κ1) is 8.71. The number of hydrogen-bond donors (Lipinski definition) is 0. The van der Waals surface area contributed by atoms with Gasteiger partial charge >= 0.3 is 0 Å². The van der Waals surface area contributed by atoms with Gasteiger partial charge < -0.3 is 9.90 Å². The zero-order valence-electron chi connectivity index (χ0n) is 6.63. The van der Waals surface area contributed by atoms with Crippen LogP contribution < -0.4 is 5.11 Å². The number of aliphatic carboxylic acids is 1. The summed E-state index contributed by atoms with van der Waals surface area (Å²) in [6, 6.07) is 4.06. The van der Waals surface area contributed by atoms with Crippen LogP contribution >= 0.6 is 0 Å². The fraction of sp³-hybridized carbons (Fsp3) is 0.222. The highest BCUT2D eigenvalue weighted by atomic mass is 19.1. The summed E-state index contributed by atoms with van der Waals surface area (Å²) in [5, 5.41) is 10.2. The summed E-state index contributed by atoms with van der Waals surface area (Å²) < 4.78 is 12.6. The van der Waals surface area contributed by atoms with Crippen molar-refractivity contribution in [2.45, 2.75) is 13.3 Å². The Morgan fingerprint density at radius 1 is 1.58 bits per heavy atom. The fourth-order valence-corrected chi connectivity index (χ4v) is 0.986. The van der Waals surface area contributed by atoms with E-state index in [1.807, 2.05) is 0 Å². The van der Waals surface area contributed by atoms with Crippen LogP contribution in [0, 0.1) is 12.7 Å². The number of carbonyl (C=O) groups is 1. The molecule has 0 saturated carbocycles. The smallest absolute Gasteiger partial charge is 0.123 e. The first-order valence-corrected chi connectivity index (χ1v) is 3.54. The van der Waals surface area contributed by atoms with E-state index in [-0.39, 0.29) is 6.42 Å². The van der Waals surface area contributed by atoms with Gasteiger partial charge in [-0.05, 0) is 30.2 Å². The van der Waals surface area contributed by atoms with E-state index in [4.69, 9.17) is 0 Å². The normalized spacial score (nSPS) is 9.83. The van der Waals surface area contributed by atoms with E-state index in [0.717, 1.165) is 5.56 Å². The Labute approximate surface area is 69.6 Å². The summed E-state index contributed by atoms with van der Waals surface area (Å²) in [5.41, 5.74) is 1.23. The summed E-state index contributed by atoms with van der Waals surface area (Å²) in [6.07, 6.45) is -0.233. The fourth-order valence-electron chi connectivity index (χ4n) is 0.986. The summed E-state index contributed by atoms with van der Waals surface area (Å²) in [4.78, 5) is 10.2. The lowest BCUT2D eigenvalue weighted by Crippen LogP contribution is -2.24. The summed E-state index contributed by atoms with van der Waals surface area (Å²) in [7, 11) is 0. The SMILES string of the molecule is Cc1ccc(F)cc1CC(=O)[O-]. The molecule has 12 heavy (non-hydrogen) atoms. The van der Waals surface area contributed by atoms with Crippen LogP contribution in [0.3, 0.4) is 0 Å². The van der Waals surface area contributed by atoms with E-state index in [9.17, 15) is 14.3 Å². The van der Waals surface area contributed by atoms with Crippen molar-refractivity contribution in [3.8, 4) is 0 Å². The highest BCUT2D eigenvalue weighted by Crippen LogP contribution is 2.10. The molecule has 0 amide bonds. The predicted molar refractivity (Wildman–Crippen MR) is 39.8 cm³/mol. The molecule has 1 rings (SSSR count). The first-order chi connectivity index (χ1) is 5.59. The second kappa shape index (κ2) is 3.34. The van der Waals surface area contributed by atoms with Gasteiger partial charge in [-0.25, -0.2) is 4.39 Å². The molecule has 3 heteroatoms. The molecule has 0 aliphatic carbocycles. The van der Waals surface area contributed by atoms with Gasteiger partial charge in [0.15, 0.2) is 0 Å². The molecule has 0 aromatic heterocycles. The first-order valence-electron chi connectivity index (χ1n) is 3.54. The molecule has 0 bridgehead atoms. The van der Waals surface area contributed by atoms with Crippen LogP contribution in [-0.4, -0.2) is 5.97 Å². The van der Waals surface area contributed by atoms with E-state index in [2.05, 4.69) is 0 Å². The monoisotopic (exact) mass is 167 g/mol. The van der Waals surface area contributed by atoms with Crippen LogP contribution in [-0.2, 0) is 11.2 Å². The Kier molecular flexibility index (Phi) is 2.43. The predicted octanol–water partition coefficient (Wildman–Crippen LogP) is 0.427. The maximum absolute atomic E-state index is 12.6. The zero-order valence-corrected chi connectivity index (χ0v) is 6.63. The van der Waals surface area contributed by atoms with Crippen molar-refractivity contribution in [2.24, 2.45) is 0 Å². The Morgan fingerprint density at radius 3 is 2.83 bits per heavy atom. The van der Waals surface area contributed by atoms with Crippen molar-refractivity contribution in [1.29, 1.82) is 0 Å². The Hall–Kier alpha value is -1.38. The summed E-state index contributed by atoms with van der Waals surface area (Å²) in [6.45, 7) is 1.73. The van der Waals surface area contributed by atoms with E-state index < -0.39 is 11.8 Å². The van der Waals surface area contributed by atoms with Crippen molar-refractivity contribution in [2.75, 3.05) is 0 Å². The highest BCUT2D eigenvalue weighted by molar-refractivity contribution is 5.68. The lowest BCUT2D eigenvalue weighted by atomic mass is 10.1. The van der Waals surface area contributed by atoms with Crippen molar-refractivity contribution in [3.05, 3.63) is 35.1 Å². The van der Waals surface area contributed by atoms with Crippen molar-refractivity contribution >= 4 is 5.97 Å². The van der Waals surface area contributed by atoms with Gasteiger partial charge in [-0.1, -0.05) is 6.07 Å². The quantitative estimate of drug-likeness (QED) is 0.640. The number of aryl methyl sites for hydroxylation is 1. The van der Waals surface area contributed by atoms with Crippen molar-refractivity contribution in [1.82, 2.24) is 0 Å². The molecule has 0 fully saturated rings. The van der Waals surface area contributed by atoms with E-state index in [1.165, 1.54) is 12.1 Å². The molecule has 0 radical (unpaired) electrons. The molecule has 0 saturated heterocycles. The van der Waals surface area contributed by atoms with Crippen molar-refractivity contribution < 1.29 is 14.3 Å². The number of rotatable bonds is 2. The Morgan fingerprint density at radius 2 is 2.25 bits per heavy atom. The van der Waals surface area contributed by atoms with E-state index in [0.29, 0.717) is 5.56 Å². The van der Waals surface area contributed by atoms with Crippen LogP contribution in [0.25, 0.3) is 0 Å². The molecule has 1 aromatic carbocycles. The number of benzene rings is 1. The molecule has 0 unspecified atom stereocenters. The number of halogens is 1. The average Bonchev–Trinajstić information content (AvgIpc) is 1.96. The summed E-state index contributed by atoms with van der Waals surface area (Å²) >= 11 is 0. The van der Waals surface area contributed by atoms with Gasteiger partial charge in [-0.2, -0.15) is 0 Å². The zero-order chi connectivity index (χ0) is 9.14. The van der Waals surface area contributed by atoms with Crippen LogP contribution in [0.5, 0.6) is 0 Å². The van der Waals surface area contributed by atoms with Gasteiger partial charge in [0.2, 0.25) is 0 Å². The van der Waals surface area contributed by atoms with Crippen LogP contribution in [0.2, 0.25) is 0 Å². The topological polar surface area (TPSA) is 40.1 Å². The molecular formula is C9H8FO2-. The number of carboxylic acid groups (broad SMARTS) is 1. The lowest BCUT2D eigenvalue weighted by molar-refractivity contribution is -0.304. The van der Waals surface area contributed by atoms with Crippen LogP contribution in [0.4, 0.5) is 4.39 Å². The molecule has 0 atom stereocenters. The molecular weight excluding hydrogens is 159 g/mol. The van der Waals surface area contributed by atoms with Gasteiger partial charge in [0.25, 0.3) is 0 Å². The minimum atomic E-state index is -1.19. The maximum atomic E-state index is 12.6. The summed E-state index contributed by atoms with van der Waals surface area (Å²) in [5.74, 6) is -1.61. The second-order valence-corrected chi connectivity index (χ2v) is 2.62. The highest BCUT2D eigenvalue weighted by Gasteiger charge is 1.99. The molecule has 0 N–H and O–H groups in total. The van der Waals surface area contributed by atoms with Gasteiger partial charge in [-0.15, -0.1) is 0 Å². The van der Waals surface area contributed by atoms with Gasteiger partial charge in [0.05, 0.1) is 0 Å². The van der Waals surface area contributed by atoms with E-state index in [1.54, 1.807) is 13.0 Å². The third kappa shape index (κ3) is 2.05. The van der Waals surface area contributed by atoms with Crippen LogP contribution in [0.1, 0.15) is 11.1 Å². The van der Waals surface area contributed by atoms with E-state index >= 15 is 0 Å². The molecule has 0 aliphatic heterocycles. The van der Waals surface area contributed by atoms with Crippen LogP contribution in [0.15, 0.2) is 18.2 Å². The molecule has 0 heterocycles. The molecule has 2 nitrogen and oxygen atoms in total. The number of hydrogen-bond acceptors (Lipinski definition) is 2. The largest absolute Gasteiger partial charge is 0.550 e. The lowest BCUT2D eigenvalue weighted by Gasteiger charge is -2.05. The standard InChI is InChI=1S/C9H9FO2/c1-6-2-3-8(10)4-7(6)5-9(11)12/h2-4H,5H2,1H3,(H,11,12)/p-1. The molecule has 0 spiro atoms. The minimum absolute atomic E-state index is 0.233. The van der Waals surface area contributed by atoms with Crippen molar-refractivity contribution in [3.63, 3.8) is 0 Å². The molecule has 64 valence electrons. The third-order valence-electron chi connectivity index (χ3n) is 1.65.